The van der Waals surface area contributed by atoms with Crippen LogP contribution in [0.25, 0.3) is 6.08 Å². The number of hydrogen-bond acceptors (Lipinski definition) is 3. The first-order valence-electron chi connectivity index (χ1n) is 7.30. The standard InChI is InChI=1S/C18H19ClN2O2/c19-16-10-15(11-17(20)12-16)8-4-5-9-21-18(22)23-13-14-6-2-1-3-7-14/h1-4,6-8,10-12H,5,9,13,20H2,(H,21,22). The summed E-state index contributed by atoms with van der Waals surface area (Å²) in [6.07, 6.45) is 4.13. The van der Waals surface area contributed by atoms with E-state index in [0.717, 1.165) is 11.1 Å². The van der Waals surface area contributed by atoms with E-state index < -0.39 is 6.09 Å². The van der Waals surface area contributed by atoms with Gasteiger partial charge in [-0.15, -0.1) is 0 Å². The van der Waals surface area contributed by atoms with Gasteiger partial charge >= 0.3 is 6.09 Å². The molecule has 0 aliphatic rings. The largest absolute Gasteiger partial charge is 0.445 e. The number of carbonyl (C=O) groups is 1. The smallest absolute Gasteiger partial charge is 0.407 e. The molecule has 0 saturated carbocycles. The topological polar surface area (TPSA) is 64.3 Å². The summed E-state index contributed by atoms with van der Waals surface area (Å²) >= 11 is 5.93. The van der Waals surface area contributed by atoms with E-state index in [0.29, 0.717) is 23.7 Å². The third kappa shape index (κ3) is 6.45. The van der Waals surface area contributed by atoms with Crippen LogP contribution in [0.4, 0.5) is 10.5 Å². The van der Waals surface area contributed by atoms with Crippen molar-refractivity contribution in [3.05, 3.63) is 70.8 Å². The Labute approximate surface area is 140 Å². The first kappa shape index (κ1) is 16.9. The van der Waals surface area contributed by atoms with Crippen molar-refractivity contribution in [2.24, 2.45) is 0 Å². The van der Waals surface area contributed by atoms with Crippen molar-refractivity contribution in [2.45, 2.75) is 13.0 Å². The minimum Gasteiger partial charge on any atom is -0.445 e. The highest BCUT2D eigenvalue weighted by Crippen LogP contribution is 2.17. The molecule has 23 heavy (non-hydrogen) atoms. The van der Waals surface area contributed by atoms with Gasteiger partial charge in [-0.1, -0.05) is 54.1 Å². The van der Waals surface area contributed by atoms with E-state index in [1.165, 1.54) is 0 Å². The molecule has 120 valence electrons. The van der Waals surface area contributed by atoms with Crippen molar-refractivity contribution in [1.29, 1.82) is 0 Å². The van der Waals surface area contributed by atoms with Crippen LogP contribution in [-0.4, -0.2) is 12.6 Å². The molecule has 0 aliphatic carbocycles. The lowest BCUT2D eigenvalue weighted by molar-refractivity contribution is 0.140. The molecule has 2 rings (SSSR count). The molecule has 4 nitrogen and oxygen atoms in total. The maximum absolute atomic E-state index is 11.5. The molecule has 5 heteroatoms. The van der Waals surface area contributed by atoms with Crippen molar-refractivity contribution in [3.63, 3.8) is 0 Å². The van der Waals surface area contributed by atoms with Crippen LogP contribution in [0.2, 0.25) is 5.02 Å². The van der Waals surface area contributed by atoms with Crippen LogP contribution >= 0.6 is 11.6 Å². The van der Waals surface area contributed by atoms with Crippen molar-refractivity contribution >= 4 is 29.5 Å². The summed E-state index contributed by atoms with van der Waals surface area (Å²) < 4.78 is 5.12. The molecule has 2 aromatic carbocycles. The minimum atomic E-state index is -0.422. The highest BCUT2D eigenvalue weighted by atomic mass is 35.5. The van der Waals surface area contributed by atoms with Crippen LogP contribution < -0.4 is 11.1 Å². The number of halogens is 1. The van der Waals surface area contributed by atoms with Crippen LogP contribution in [0.5, 0.6) is 0 Å². The molecule has 1 amide bonds. The predicted octanol–water partition coefficient (Wildman–Crippen LogP) is 4.25. The minimum absolute atomic E-state index is 0.268. The predicted molar refractivity (Wildman–Crippen MR) is 94.1 cm³/mol. The Morgan fingerprint density at radius 1 is 1.22 bits per heavy atom. The zero-order valence-electron chi connectivity index (χ0n) is 12.7. The third-order valence-corrected chi connectivity index (χ3v) is 3.26. The van der Waals surface area contributed by atoms with Gasteiger partial charge in [-0.05, 0) is 35.7 Å². The molecular formula is C18H19ClN2O2. The van der Waals surface area contributed by atoms with E-state index in [1.54, 1.807) is 6.07 Å². The molecule has 0 fully saturated rings. The first-order chi connectivity index (χ1) is 11.1. The molecule has 0 heterocycles. The van der Waals surface area contributed by atoms with Gasteiger partial charge in [0.2, 0.25) is 0 Å². The van der Waals surface area contributed by atoms with Gasteiger partial charge in [-0.3, -0.25) is 0 Å². The van der Waals surface area contributed by atoms with Gasteiger partial charge in [-0.25, -0.2) is 4.79 Å². The van der Waals surface area contributed by atoms with E-state index in [4.69, 9.17) is 22.1 Å². The lowest BCUT2D eigenvalue weighted by Crippen LogP contribution is -2.24. The lowest BCUT2D eigenvalue weighted by atomic mass is 10.2. The highest BCUT2D eigenvalue weighted by Gasteiger charge is 2.00. The summed E-state index contributed by atoms with van der Waals surface area (Å²) in [5.74, 6) is 0. The van der Waals surface area contributed by atoms with Crippen LogP contribution in [0.3, 0.4) is 0 Å². The van der Waals surface area contributed by atoms with Crippen molar-refractivity contribution in [1.82, 2.24) is 5.32 Å². The molecular weight excluding hydrogens is 312 g/mol. The van der Waals surface area contributed by atoms with Crippen molar-refractivity contribution in [3.8, 4) is 0 Å². The van der Waals surface area contributed by atoms with E-state index >= 15 is 0 Å². The maximum atomic E-state index is 11.5. The number of alkyl carbamates (subject to hydrolysis) is 1. The monoisotopic (exact) mass is 330 g/mol. The fourth-order valence-corrected chi connectivity index (χ4v) is 2.24. The number of benzene rings is 2. The Kier molecular flexibility index (Phi) is 6.51. The van der Waals surface area contributed by atoms with Crippen molar-refractivity contribution < 1.29 is 9.53 Å². The van der Waals surface area contributed by atoms with Gasteiger partial charge in [0, 0.05) is 17.3 Å². The summed E-state index contributed by atoms with van der Waals surface area (Å²) in [5.41, 5.74) is 8.24. The van der Waals surface area contributed by atoms with Gasteiger partial charge in [0.15, 0.2) is 0 Å². The quantitative estimate of drug-likeness (QED) is 0.614. The Morgan fingerprint density at radius 3 is 2.74 bits per heavy atom. The molecule has 0 aromatic heterocycles. The van der Waals surface area contributed by atoms with Crippen LogP contribution in [-0.2, 0) is 11.3 Å². The number of amides is 1. The van der Waals surface area contributed by atoms with Gasteiger partial charge in [0.1, 0.15) is 6.61 Å². The fraction of sp³-hybridized carbons (Fsp3) is 0.167. The average Bonchev–Trinajstić information content (AvgIpc) is 2.53. The second-order valence-electron chi connectivity index (χ2n) is 5.00. The van der Waals surface area contributed by atoms with Gasteiger partial charge in [-0.2, -0.15) is 0 Å². The van der Waals surface area contributed by atoms with Gasteiger partial charge in [0.25, 0.3) is 0 Å². The lowest BCUT2D eigenvalue weighted by Gasteiger charge is -2.05. The molecule has 2 aromatic rings. The molecule has 0 unspecified atom stereocenters. The molecule has 0 spiro atoms. The van der Waals surface area contributed by atoms with E-state index in [9.17, 15) is 4.79 Å². The fourth-order valence-electron chi connectivity index (χ4n) is 1.98. The molecule has 3 N–H and O–H groups in total. The highest BCUT2D eigenvalue weighted by molar-refractivity contribution is 6.31. The van der Waals surface area contributed by atoms with Crippen molar-refractivity contribution in [2.75, 3.05) is 12.3 Å². The number of nitrogens with two attached hydrogens (primary N) is 1. The van der Waals surface area contributed by atoms with Crippen LogP contribution in [0, 0.1) is 0 Å². The zero-order chi connectivity index (χ0) is 16.5. The number of nitrogen functional groups attached to an aromatic ring is 1. The zero-order valence-corrected chi connectivity index (χ0v) is 13.4. The summed E-state index contributed by atoms with van der Waals surface area (Å²) in [7, 11) is 0. The molecule has 0 atom stereocenters. The molecule has 0 aliphatic heterocycles. The van der Waals surface area contributed by atoms with E-state index in [-0.39, 0.29) is 6.61 Å². The average molecular weight is 331 g/mol. The second kappa shape index (κ2) is 8.86. The summed E-state index contributed by atoms with van der Waals surface area (Å²) in [5, 5.41) is 3.30. The Morgan fingerprint density at radius 2 is 2.00 bits per heavy atom. The van der Waals surface area contributed by atoms with Gasteiger partial charge < -0.3 is 15.8 Å². The third-order valence-electron chi connectivity index (χ3n) is 3.05. The number of anilines is 1. The Bertz CT molecular complexity index is 652. The van der Waals surface area contributed by atoms with Crippen LogP contribution in [0.15, 0.2) is 54.6 Å². The van der Waals surface area contributed by atoms with E-state index in [2.05, 4.69) is 5.32 Å². The van der Waals surface area contributed by atoms with Gasteiger partial charge in [0.05, 0.1) is 0 Å². The molecule has 0 saturated heterocycles. The summed E-state index contributed by atoms with van der Waals surface area (Å²) in [6, 6.07) is 14.9. The number of nitrogens with one attached hydrogen (secondary N) is 1. The molecule has 0 radical (unpaired) electrons. The number of hydrogen-bond donors (Lipinski definition) is 2. The Balaban J connectivity index is 1.66. The van der Waals surface area contributed by atoms with E-state index in [1.807, 2.05) is 54.6 Å². The normalized spacial score (nSPS) is 10.7. The number of carbonyl (C=O) groups excluding carboxylic acids is 1. The first-order valence-corrected chi connectivity index (χ1v) is 7.68. The summed E-state index contributed by atoms with van der Waals surface area (Å²) in [4.78, 5) is 11.5. The molecule has 0 bridgehead atoms. The SMILES string of the molecule is Nc1cc(Cl)cc(C=CCCNC(=O)OCc2ccccc2)c1. The number of ether oxygens (including phenoxy) is 1. The summed E-state index contributed by atoms with van der Waals surface area (Å²) in [6.45, 7) is 0.768. The number of rotatable bonds is 6. The van der Waals surface area contributed by atoms with Crippen LogP contribution in [0.1, 0.15) is 17.5 Å². The Hall–Kier alpha value is -2.46. The second-order valence-corrected chi connectivity index (χ2v) is 5.43. The maximum Gasteiger partial charge on any atom is 0.407 e.